The van der Waals surface area contributed by atoms with Crippen LogP contribution in [0.4, 0.5) is 19.0 Å². The van der Waals surface area contributed by atoms with Gasteiger partial charge in [0.2, 0.25) is 5.91 Å². The number of nitrogens with zero attached hydrogens (tertiary/aromatic N) is 4. The zero-order valence-electron chi connectivity index (χ0n) is 15.9. The Morgan fingerprint density at radius 2 is 1.93 bits per heavy atom. The van der Waals surface area contributed by atoms with Crippen LogP contribution in [-0.4, -0.2) is 38.4 Å². The van der Waals surface area contributed by atoms with Gasteiger partial charge in [0, 0.05) is 61.8 Å². The number of fused-ring (bicyclic) bond motifs is 1. The number of amides is 1. The zero-order chi connectivity index (χ0) is 20.4. The van der Waals surface area contributed by atoms with Crippen LogP contribution < -0.4 is 5.73 Å². The molecule has 4 rings (SSSR count). The van der Waals surface area contributed by atoms with Gasteiger partial charge in [0.05, 0.1) is 11.3 Å². The van der Waals surface area contributed by atoms with E-state index in [4.69, 9.17) is 5.73 Å². The fourth-order valence-electron chi connectivity index (χ4n) is 4.22. The maximum atomic E-state index is 13.2. The third kappa shape index (κ3) is 3.02. The molecular formula is C19H22F3N5O. The molecule has 0 spiro atoms. The number of piperidine rings is 1. The maximum absolute atomic E-state index is 13.2. The first-order chi connectivity index (χ1) is 13.1. The van der Waals surface area contributed by atoms with Crippen LogP contribution in [0.25, 0.3) is 11.3 Å². The summed E-state index contributed by atoms with van der Waals surface area (Å²) < 4.78 is 41.6. The molecule has 3 atom stereocenters. The lowest BCUT2D eigenvalue weighted by Crippen LogP contribution is -2.29. The van der Waals surface area contributed by atoms with Crippen molar-refractivity contribution in [2.45, 2.75) is 38.9 Å². The third-order valence-electron chi connectivity index (χ3n) is 5.71. The number of hydrogen-bond donors (Lipinski definition) is 1. The molecule has 150 valence electrons. The Labute approximate surface area is 160 Å². The Kier molecular flexibility index (Phi) is 4.17. The molecular weight excluding hydrogens is 371 g/mol. The van der Waals surface area contributed by atoms with E-state index in [-0.39, 0.29) is 17.9 Å². The molecule has 1 amide bonds. The molecule has 1 aliphatic carbocycles. The number of hydrogen-bond acceptors (Lipinski definition) is 4. The van der Waals surface area contributed by atoms with Crippen molar-refractivity contribution >= 4 is 11.7 Å². The van der Waals surface area contributed by atoms with E-state index in [1.54, 1.807) is 6.92 Å². The van der Waals surface area contributed by atoms with Crippen molar-refractivity contribution in [3.05, 3.63) is 29.8 Å². The molecule has 9 heteroatoms. The molecule has 1 aliphatic heterocycles. The van der Waals surface area contributed by atoms with Crippen molar-refractivity contribution in [3.8, 4) is 11.3 Å². The first kappa shape index (κ1) is 18.8. The van der Waals surface area contributed by atoms with Gasteiger partial charge in [-0.25, -0.2) is 9.97 Å². The normalized spacial score (nSPS) is 24.0. The average Bonchev–Trinajstić information content (AvgIpc) is 2.99. The molecule has 3 heterocycles. The minimum absolute atomic E-state index is 0.0778. The van der Waals surface area contributed by atoms with Gasteiger partial charge in [0.15, 0.2) is 0 Å². The zero-order valence-corrected chi connectivity index (χ0v) is 15.9. The van der Waals surface area contributed by atoms with Gasteiger partial charge in [0.25, 0.3) is 0 Å². The van der Waals surface area contributed by atoms with Gasteiger partial charge >= 0.3 is 6.18 Å². The largest absolute Gasteiger partial charge is 0.419 e. The number of imidazole rings is 1. The fraction of sp³-hybridized carbons (Fsp3) is 0.526. The Balaban J connectivity index is 1.67. The summed E-state index contributed by atoms with van der Waals surface area (Å²) in [6.07, 6.45) is -1.43. The number of pyridine rings is 1. The van der Waals surface area contributed by atoms with Gasteiger partial charge in [-0.05, 0) is 6.07 Å². The first-order valence-corrected chi connectivity index (χ1v) is 9.25. The number of aromatic nitrogens is 3. The number of nitrogen functional groups attached to an aromatic ring is 1. The van der Waals surface area contributed by atoms with Crippen LogP contribution in [-0.2, 0) is 11.0 Å². The van der Waals surface area contributed by atoms with Crippen molar-refractivity contribution in [1.82, 2.24) is 19.4 Å². The van der Waals surface area contributed by atoms with Crippen LogP contribution in [0.5, 0.6) is 0 Å². The van der Waals surface area contributed by atoms with Gasteiger partial charge in [-0.3, -0.25) is 4.79 Å². The molecule has 1 saturated heterocycles. The number of halogens is 3. The molecule has 2 aliphatic rings. The van der Waals surface area contributed by atoms with Crippen molar-refractivity contribution in [3.63, 3.8) is 0 Å². The topological polar surface area (TPSA) is 77.0 Å². The van der Waals surface area contributed by atoms with Gasteiger partial charge < -0.3 is 15.2 Å². The molecule has 6 nitrogen and oxygen atoms in total. The molecule has 2 aromatic rings. The average molecular weight is 393 g/mol. The smallest absolute Gasteiger partial charge is 0.383 e. The van der Waals surface area contributed by atoms with Gasteiger partial charge in [-0.1, -0.05) is 13.8 Å². The molecule has 28 heavy (non-hydrogen) atoms. The summed E-state index contributed by atoms with van der Waals surface area (Å²) in [6, 6.07) is 1.24. The van der Waals surface area contributed by atoms with E-state index >= 15 is 0 Å². The second kappa shape index (κ2) is 6.22. The lowest BCUT2D eigenvalue weighted by atomic mass is 10.1. The predicted octanol–water partition coefficient (Wildman–Crippen LogP) is 3.32. The minimum atomic E-state index is -4.57. The highest BCUT2D eigenvalue weighted by molar-refractivity contribution is 5.74. The number of carbonyl (C=O) groups excluding carboxylic acids is 1. The highest BCUT2D eigenvalue weighted by Crippen LogP contribution is 2.56. The van der Waals surface area contributed by atoms with E-state index in [1.165, 1.54) is 6.20 Å². The molecule has 0 aromatic carbocycles. The van der Waals surface area contributed by atoms with E-state index in [1.807, 2.05) is 24.9 Å². The van der Waals surface area contributed by atoms with Crippen LogP contribution in [0, 0.1) is 11.8 Å². The number of anilines is 1. The van der Waals surface area contributed by atoms with E-state index in [9.17, 15) is 18.0 Å². The lowest BCUT2D eigenvalue weighted by molar-refractivity contribution is -0.137. The number of carbonyl (C=O) groups is 1. The van der Waals surface area contributed by atoms with E-state index in [2.05, 4.69) is 14.5 Å². The molecule has 2 fully saturated rings. The molecule has 1 saturated carbocycles. The lowest BCUT2D eigenvalue weighted by Gasteiger charge is -2.19. The number of rotatable bonds is 3. The first-order valence-electron chi connectivity index (χ1n) is 9.25. The Hall–Kier alpha value is -2.58. The van der Waals surface area contributed by atoms with Crippen molar-refractivity contribution in [2.24, 2.45) is 11.8 Å². The second-order valence-corrected chi connectivity index (χ2v) is 7.94. The van der Waals surface area contributed by atoms with Gasteiger partial charge in [0.1, 0.15) is 11.6 Å². The molecule has 0 bridgehead atoms. The van der Waals surface area contributed by atoms with Gasteiger partial charge in [-0.15, -0.1) is 0 Å². The van der Waals surface area contributed by atoms with E-state index in [0.29, 0.717) is 23.1 Å². The Morgan fingerprint density at radius 3 is 2.46 bits per heavy atom. The summed E-state index contributed by atoms with van der Waals surface area (Å²) >= 11 is 0. The van der Waals surface area contributed by atoms with Crippen LogP contribution in [0.15, 0.2) is 18.5 Å². The number of nitrogens with two attached hydrogens (primary N) is 1. The van der Waals surface area contributed by atoms with Crippen molar-refractivity contribution < 1.29 is 18.0 Å². The predicted molar refractivity (Wildman–Crippen MR) is 97.2 cm³/mol. The van der Waals surface area contributed by atoms with E-state index in [0.717, 1.165) is 25.0 Å². The molecule has 1 unspecified atom stereocenters. The van der Waals surface area contributed by atoms with Crippen molar-refractivity contribution in [2.75, 3.05) is 18.8 Å². The van der Waals surface area contributed by atoms with Crippen LogP contribution >= 0.6 is 0 Å². The second-order valence-electron chi connectivity index (χ2n) is 7.94. The van der Waals surface area contributed by atoms with Crippen molar-refractivity contribution in [1.29, 1.82) is 0 Å². The van der Waals surface area contributed by atoms with Crippen LogP contribution in [0.3, 0.4) is 0 Å². The summed E-state index contributed by atoms with van der Waals surface area (Å²) in [4.78, 5) is 21.7. The maximum Gasteiger partial charge on any atom is 0.419 e. The highest BCUT2D eigenvalue weighted by atomic mass is 19.4. The monoisotopic (exact) mass is 393 g/mol. The van der Waals surface area contributed by atoms with Crippen LogP contribution in [0.1, 0.15) is 44.1 Å². The third-order valence-corrected chi connectivity index (χ3v) is 5.71. The number of alkyl halides is 3. The quantitative estimate of drug-likeness (QED) is 0.868. The molecule has 2 N–H and O–H groups in total. The van der Waals surface area contributed by atoms with E-state index < -0.39 is 17.6 Å². The molecule has 0 radical (unpaired) electrons. The SMILES string of the molecule is CC(=O)N1C[C@@H]2C(n3cc(-c4cnc(N)c(C(F)(F)F)c4)nc3C(C)C)[C@@H]2C1. The molecule has 2 aromatic heterocycles. The van der Waals surface area contributed by atoms with Gasteiger partial charge in [-0.2, -0.15) is 13.2 Å². The summed E-state index contributed by atoms with van der Waals surface area (Å²) in [5, 5.41) is 0. The Morgan fingerprint density at radius 1 is 1.29 bits per heavy atom. The van der Waals surface area contributed by atoms with Crippen LogP contribution in [0.2, 0.25) is 0 Å². The summed E-state index contributed by atoms with van der Waals surface area (Å²) in [6.45, 7) is 7.02. The number of likely N-dealkylation sites (tertiary alicyclic amines) is 1. The highest BCUT2D eigenvalue weighted by Gasteiger charge is 2.58. The Bertz CT molecular complexity index is 924. The summed E-state index contributed by atoms with van der Waals surface area (Å²) in [5.74, 6) is 1.23. The summed E-state index contributed by atoms with van der Waals surface area (Å²) in [5.41, 5.74) is 5.20. The summed E-state index contributed by atoms with van der Waals surface area (Å²) in [7, 11) is 0. The standard InChI is InChI=1S/C19H22F3N5O/c1-9(2)18-25-15(11-4-14(19(20,21)22)17(23)24-5-11)8-27(18)16-12-6-26(10(3)28)7-13(12)16/h4-5,8-9,12-13,16H,6-7H2,1-3H3,(H2,23,24)/t12-,13+,16?. The minimum Gasteiger partial charge on any atom is -0.383 e. The fourth-order valence-corrected chi connectivity index (χ4v) is 4.22.